The fourth-order valence-electron chi connectivity index (χ4n) is 2.06. The molecule has 2 aromatic rings. The molecule has 0 heterocycles. The minimum atomic E-state index is -0.799. The van der Waals surface area contributed by atoms with Crippen molar-refractivity contribution in [1.29, 1.82) is 0 Å². The molecule has 2 rings (SSSR count). The minimum Gasteiger partial charge on any atom is -0.497 e. The molecule has 0 saturated carbocycles. The van der Waals surface area contributed by atoms with Gasteiger partial charge in [-0.15, -0.1) is 0 Å². The summed E-state index contributed by atoms with van der Waals surface area (Å²) in [5, 5.41) is 8.87. The maximum atomic E-state index is 10.8. The quantitative estimate of drug-likeness (QED) is 0.875. The molecule has 0 amide bonds. The number of methoxy groups -OCH3 is 1. The molecular formula is C17H18O3S. The number of benzene rings is 2. The Labute approximate surface area is 129 Å². The van der Waals surface area contributed by atoms with Crippen LogP contribution in [0.15, 0.2) is 52.3 Å². The van der Waals surface area contributed by atoms with Crippen LogP contribution in [0.1, 0.15) is 18.1 Å². The first-order valence-electron chi connectivity index (χ1n) is 6.78. The Balaban J connectivity index is 2.20. The summed E-state index contributed by atoms with van der Waals surface area (Å²) in [6, 6.07) is 13.8. The Morgan fingerprint density at radius 3 is 2.48 bits per heavy atom. The Kier molecular flexibility index (Phi) is 5.28. The summed E-state index contributed by atoms with van der Waals surface area (Å²) < 4.78 is 5.15. The van der Waals surface area contributed by atoms with Crippen LogP contribution in [0, 0.1) is 0 Å². The van der Waals surface area contributed by atoms with Gasteiger partial charge < -0.3 is 9.84 Å². The molecule has 0 aromatic heterocycles. The van der Waals surface area contributed by atoms with E-state index in [4.69, 9.17) is 9.84 Å². The molecule has 0 aliphatic heterocycles. The van der Waals surface area contributed by atoms with E-state index in [-0.39, 0.29) is 6.42 Å². The van der Waals surface area contributed by atoms with Crippen molar-refractivity contribution < 1.29 is 14.6 Å². The highest BCUT2D eigenvalue weighted by Gasteiger charge is 2.07. The monoisotopic (exact) mass is 302 g/mol. The maximum Gasteiger partial charge on any atom is 0.307 e. The lowest BCUT2D eigenvalue weighted by Crippen LogP contribution is -2.01. The van der Waals surface area contributed by atoms with Crippen LogP contribution in [0.5, 0.6) is 5.75 Å². The highest BCUT2D eigenvalue weighted by Crippen LogP contribution is 2.32. The number of aliphatic carboxylic acids is 1. The summed E-state index contributed by atoms with van der Waals surface area (Å²) in [5.41, 5.74) is 2.02. The van der Waals surface area contributed by atoms with Crippen LogP contribution in [0.25, 0.3) is 0 Å². The second-order valence-electron chi connectivity index (χ2n) is 4.64. The SMILES string of the molecule is CCc1cc(CC(=O)O)ccc1Sc1ccc(OC)cc1. The first kappa shape index (κ1) is 15.4. The zero-order valence-electron chi connectivity index (χ0n) is 12.1. The lowest BCUT2D eigenvalue weighted by atomic mass is 10.1. The summed E-state index contributed by atoms with van der Waals surface area (Å²) in [6.07, 6.45) is 0.951. The molecule has 4 heteroatoms. The average Bonchev–Trinajstić information content (AvgIpc) is 2.49. The second-order valence-corrected chi connectivity index (χ2v) is 5.76. The number of rotatable bonds is 6. The van der Waals surface area contributed by atoms with E-state index in [0.29, 0.717) is 0 Å². The van der Waals surface area contributed by atoms with Crippen LogP contribution in [0.4, 0.5) is 0 Å². The van der Waals surface area contributed by atoms with Crippen molar-refractivity contribution in [2.45, 2.75) is 29.6 Å². The summed E-state index contributed by atoms with van der Waals surface area (Å²) in [5.74, 6) is 0.0412. The standard InChI is InChI=1S/C17H18O3S/c1-3-13-10-12(11-17(18)19)4-9-16(13)21-15-7-5-14(20-2)6-8-15/h4-10H,3,11H2,1-2H3,(H,18,19). The molecule has 1 N–H and O–H groups in total. The third kappa shape index (κ3) is 4.26. The van der Waals surface area contributed by atoms with Crippen molar-refractivity contribution in [2.75, 3.05) is 7.11 Å². The van der Waals surface area contributed by atoms with Crippen LogP contribution >= 0.6 is 11.8 Å². The van der Waals surface area contributed by atoms with Crippen molar-refractivity contribution in [3.8, 4) is 5.75 Å². The summed E-state index contributed by atoms with van der Waals surface area (Å²) in [6.45, 7) is 2.08. The van der Waals surface area contributed by atoms with Gasteiger partial charge in [-0.1, -0.05) is 30.8 Å². The zero-order valence-corrected chi connectivity index (χ0v) is 12.9. The first-order valence-corrected chi connectivity index (χ1v) is 7.59. The minimum absolute atomic E-state index is 0.0699. The highest BCUT2D eigenvalue weighted by atomic mass is 32.2. The summed E-state index contributed by atoms with van der Waals surface area (Å²) in [4.78, 5) is 13.1. The van der Waals surface area contributed by atoms with E-state index in [0.717, 1.165) is 27.5 Å². The van der Waals surface area contributed by atoms with E-state index in [2.05, 4.69) is 6.92 Å². The van der Waals surface area contributed by atoms with E-state index in [9.17, 15) is 4.79 Å². The molecule has 0 saturated heterocycles. The molecular weight excluding hydrogens is 284 g/mol. The van der Waals surface area contributed by atoms with Crippen molar-refractivity contribution in [1.82, 2.24) is 0 Å². The van der Waals surface area contributed by atoms with Gasteiger partial charge in [-0.3, -0.25) is 4.79 Å². The van der Waals surface area contributed by atoms with E-state index in [1.165, 1.54) is 5.56 Å². The zero-order chi connectivity index (χ0) is 15.2. The normalized spacial score (nSPS) is 10.4. The van der Waals surface area contributed by atoms with Gasteiger partial charge in [0.05, 0.1) is 13.5 Å². The molecule has 0 fully saturated rings. The largest absolute Gasteiger partial charge is 0.497 e. The molecule has 0 spiro atoms. The number of ether oxygens (including phenoxy) is 1. The molecule has 2 aromatic carbocycles. The van der Waals surface area contributed by atoms with Gasteiger partial charge in [-0.25, -0.2) is 0 Å². The van der Waals surface area contributed by atoms with Crippen molar-refractivity contribution in [3.05, 3.63) is 53.6 Å². The predicted octanol–water partition coefficient (Wildman–Crippen LogP) is 4.04. The molecule has 0 radical (unpaired) electrons. The lowest BCUT2D eigenvalue weighted by Gasteiger charge is -2.10. The fraction of sp³-hybridized carbons (Fsp3) is 0.235. The molecule has 3 nitrogen and oxygen atoms in total. The van der Waals surface area contributed by atoms with E-state index in [1.807, 2.05) is 42.5 Å². The number of carboxylic acids is 1. The number of hydrogen-bond donors (Lipinski definition) is 1. The number of hydrogen-bond acceptors (Lipinski definition) is 3. The predicted molar refractivity (Wildman–Crippen MR) is 84.3 cm³/mol. The van der Waals surface area contributed by atoms with Crippen LogP contribution in [0.2, 0.25) is 0 Å². The van der Waals surface area contributed by atoms with Gasteiger partial charge >= 0.3 is 5.97 Å². The number of carboxylic acid groups (broad SMARTS) is 1. The molecule has 0 aliphatic carbocycles. The average molecular weight is 302 g/mol. The van der Waals surface area contributed by atoms with Crippen LogP contribution in [0.3, 0.4) is 0 Å². The highest BCUT2D eigenvalue weighted by molar-refractivity contribution is 7.99. The van der Waals surface area contributed by atoms with Gasteiger partial charge in [0.1, 0.15) is 5.75 Å². The van der Waals surface area contributed by atoms with Crippen molar-refractivity contribution in [2.24, 2.45) is 0 Å². The van der Waals surface area contributed by atoms with Gasteiger partial charge in [-0.2, -0.15) is 0 Å². The van der Waals surface area contributed by atoms with E-state index < -0.39 is 5.97 Å². The Morgan fingerprint density at radius 1 is 1.19 bits per heavy atom. The van der Waals surface area contributed by atoms with Gasteiger partial charge in [0.15, 0.2) is 0 Å². The second kappa shape index (κ2) is 7.18. The topological polar surface area (TPSA) is 46.5 Å². The molecule has 0 bridgehead atoms. The van der Waals surface area contributed by atoms with Crippen molar-refractivity contribution in [3.63, 3.8) is 0 Å². The first-order chi connectivity index (χ1) is 10.1. The number of aryl methyl sites for hydroxylation is 1. The van der Waals surface area contributed by atoms with Gasteiger partial charge in [-0.05, 0) is 47.9 Å². The Bertz CT molecular complexity index is 620. The van der Waals surface area contributed by atoms with Crippen LogP contribution in [-0.4, -0.2) is 18.2 Å². The Morgan fingerprint density at radius 2 is 1.90 bits per heavy atom. The van der Waals surface area contributed by atoms with Gasteiger partial charge in [0.25, 0.3) is 0 Å². The van der Waals surface area contributed by atoms with Crippen molar-refractivity contribution >= 4 is 17.7 Å². The molecule has 21 heavy (non-hydrogen) atoms. The molecule has 0 atom stereocenters. The lowest BCUT2D eigenvalue weighted by molar-refractivity contribution is -0.136. The smallest absolute Gasteiger partial charge is 0.307 e. The molecule has 0 unspecified atom stereocenters. The molecule has 0 aliphatic rings. The third-order valence-corrected chi connectivity index (χ3v) is 4.27. The summed E-state index contributed by atoms with van der Waals surface area (Å²) in [7, 11) is 1.65. The third-order valence-electron chi connectivity index (χ3n) is 3.15. The van der Waals surface area contributed by atoms with Crippen LogP contribution < -0.4 is 4.74 Å². The van der Waals surface area contributed by atoms with Gasteiger partial charge in [0, 0.05) is 9.79 Å². The molecule has 110 valence electrons. The van der Waals surface area contributed by atoms with Gasteiger partial charge in [0.2, 0.25) is 0 Å². The van der Waals surface area contributed by atoms with E-state index in [1.54, 1.807) is 18.9 Å². The van der Waals surface area contributed by atoms with Crippen LogP contribution in [-0.2, 0) is 17.6 Å². The van der Waals surface area contributed by atoms with E-state index >= 15 is 0 Å². The fourth-order valence-corrected chi connectivity index (χ4v) is 3.06. The summed E-state index contributed by atoms with van der Waals surface area (Å²) >= 11 is 1.68. The number of carbonyl (C=O) groups is 1. The Hall–Kier alpha value is -1.94. The maximum absolute atomic E-state index is 10.8.